The Morgan fingerprint density at radius 1 is 1.18 bits per heavy atom. The Balaban J connectivity index is 1.83. The molecule has 22 heavy (non-hydrogen) atoms. The lowest BCUT2D eigenvalue weighted by Crippen LogP contribution is -2.18. The van der Waals surface area contributed by atoms with Gasteiger partial charge in [0.2, 0.25) is 5.95 Å². The fourth-order valence-corrected chi connectivity index (χ4v) is 2.12. The van der Waals surface area contributed by atoms with Gasteiger partial charge in [-0.3, -0.25) is 9.78 Å². The van der Waals surface area contributed by atoms with Gasteiger partial charge in [0.1, 0.15) is 11.5 Å². The molecule has 0 amide bonds. The molecule has 3 rings (SSSR count). The third-order valence-corrected chi connectivity index (χ3v) is 3.54. The topological polar surface area (TPSA) is 83.8 Å². The van der Waals surface area contributed by atoms with E-state index in [0.29, 0.717) is 23.8 Å². The van der Waals surface area contributed by atoms with Crippen LogP contribution in [0.3, 0.4) is 0 Å². The van der Waals surface area contributed by atoms with Crippen LogP contribution < -0.4 is 10.9 Å². The number of hydrogen-bond acceptors (Lipinski definition) is 5. The van der Waals surface area contributed by atoms with Gasteiger partial charge in [-0.1, -0.05) is 12.1 Å². The quantitative estimate of drug-likeness (QED) is 0.773. The van der Waals surface area contributed by atoms with Crippen LogP contribution in [0.25, 0.3) is 0 Å². The second-order valence-corrected chi connectivity index (χ2v) is 5.08. The first-order valence-electron chi connectivity index (χ1n) is 6.95. The summed E-state index contributed by atoms with van der Waals surface area (Å²) >= 11 is 0. The molecule has 6 nitrogen and oxygen atoms in total. The number of aromatic amines is 1. The van der Waals surface area contributed by atoms with Crippen molar-refractivity contribution in [2.75, 3.05) is 5.32 Å². The van der Waals surface area contributed by atoms with Gasteiger partial charge in [0.25, 0.3) is 5.56 Å². The van der Waals surface area contributed by atoms with Crippen molar-refractivity contribution in [1.29, 1.82) is 0 Å². The first-order valence-corrected chi connectivity index (χ1v) is 6.95. The molecular formula is C16H16N4O2. The van der Waals surface area contributed by atoms with Crippen molar-refractivity contribution in [1.82, 2.24) is 15.2 Å². The minimum absolute atomic E-state index is 0.279. The Morgan fingerprint density at radius 3 is 2.77 bits per heavy atom. The van der Waals surface area contributed by atoms with Crippen molar-refractivity contribution >= 4 is 11.6 Å². The van der Waals surface area contributed by atoms with E-state index >= 15 is 0 Å². The molecule has 0 bridgehead atoms. The summed E-state index contributed by atoms with van der Waals surface area (Å²) in [5, 5.41) is 11.1. The van der Waals surface area contributed by atoms with Crippen molar-refractivity contribution in [3.05, 3.63) is 69.5 Å². The second-order valence-electron chi connectivity index (χ2n) is 5.08. The lowest BCUT2D eigenvalue weighted by molar-refractivity contribution is 0.517. The van der Waals surface area contributed by atoms with E-state index in [1.54, 1.807) is 18.4 Å². The van der Waals surface area contributed by atoms with Gasteiger partial charge in [0, 0.05) is 5.69 Å². The largest absolute Gasteiger partial charge is 0.469 e. The van der Waals surface area contributed by atoms with Gasteiger partial charge >= 0.3 is 0 Å². The standard InChI is InChI=1S/C16H16N4O2/c1-10-5-3-7-13(11(10)2)17-16-18-15(21)14(19-20-16)9-12-6-4-8-22-12/h3-8H,9H2,1-2H3,(H2,17,18,20,21). The van der Waals surface area contributed by atoms with Crippen LogP contribution in [-0.4, -0.2) is 15.2 Å². The zero-order valence-electron chi connectivity index (χ0n) is 12.4. The first-order chi connectivity index (χ1) is 10.6. The molecule has 1 aromatic carbocycles. The Hall–Kier alpha value is -2.89. The summed E-state index contributed by atoms with van der Waals surface area (Å²) in [5.41, 5.74) is 3.20. The molecule has 2 heterocycles. The summed E-state index contributed by atoms with van der Waals surface area (Å²) in [4.78, 5) is 14.8. The van der Waals surface area contributed by atoms with Crippen LogP contribution in [0.1, 0.15) is 22.6 Å². The zero-order valence-corrected chi connectivity index (χ0v) is 12.4. The number of anilines is 2. The fourth-order valence-electron chi connectivity index (χ4n) is 2.12. The van der Waals surface area contributed by atoms with Crippen molar-refractivity contribution in [2.24, 2.45) is 0 Å². The van der Waals surface area contributed by atoms with Crippen molar-refractivity contribution in [3.63, 3.8) is 0 Å². The SMILES string of the molecule is Cc1cccc(Nc2nnc(Cc3ccco3)c(=O)[nH]2)c1C. The van der Waals surface area contributed by atoms with E-state index in [1.807, 2.05) is 32.0 Å². The molecule has 0 saturated heterocycles. The number of H-pyrrole nitrogens is 1. The van der Waals surface area contributed by atoms with Gasteiger partial charge in [-0.05, 0) is 43.2 Å². The van der Waals surface area contributed by atoms with E-state index in [4.69, 9.17) is 4.42 Å². The summed E-state index contributed by atoms with van der Waals surface area (Å²) < 4.78 is 5.21. The highest BCUT2D eigenvalue weighted by atomic mass is 16.3. The Bertz CT molecular complexity index is 838. The average molecular weight is 296 g/mol. The van der Waals surface area contributed by atoms with Gasteiger partial charge in [0.05, 0.1) is 12.7 Å². The number of aromatic nitrogens is 3. The monoisotopic (exact) mass is 296 g/mol. The Labute approximate surface area is 127 Å². The molecule has 0 atom stereocenters. The molecule has 2 N–H and O–H groups in total. The van der Waals surface area contributed by atoms with Crippen LogP contribution in [0.2, 0.25) is 0 Å². The molecule has 2 aromatic heterocycles. The zero-order chi connectivity index (χ0) is 15.5. The molecule has 6 heteroatoms. The van der Waals surface area contributed by atoms with Crippen LogP contribution in [-0.2, 0) is 6.42 Å². The molecule has 0 aliphatic carbocycles. The summed E-state index contributed by atoms with van der Waals surface area (Å²) in [7, 11) is 0. The van der Waals surface area contributed by atoms with Gasteiger partial charge in [-0.25, -0.2) is 0 Å². The Morgan fingerprint density at radius 2 is 2.05 bits per heavy atom. The molecule has 0 aliphatic heterocycles. The van der Waals surface area contributed by atoms with E-state index < -0.39 is 0 Å². The molecule has 0 aliphatic rings. The fraction of sp³-hybridized carbons (Fsp3) is 0.188. The van der Waals surface area contributed by atoms with E-state index in [2.05, 4.69) is 20.5 Å². The highest BCUT2D eigenvalue weighted by Gasteiger charge is 2.09. The third-order valence-electron chi connectivity index (χ3n) is 3.54. The average Bonchev–Trinajstić information content (AvgIpc) is 3.00. The molecule has 0 radical (unpaired) electrons. The van der Waals surface area contributed by atoms with Crippen molar-refractivity contribution in [3.8, 4) is 0 Å². The number of hydrogen-bond donors (Lipinski definition) is 2. The molecule has 0 spiro atoms. The third kappa shape index (κ3) is 2.90. The number of nitrogens with one attached hydrogen (secondary N) is 2. The summed E-state index contributed by atoms with van der Waals surface area (Å²) in [6.07, 6.45) is 1.88. The molecule has 0 fully saturated rings. The molecule has 3 aromatic rings. The minimum atomic E-state index is -0.279. The summed E-state index contributed by atoms with van der Waals surface area (Å²) in [6, 6.07) is 9.47. The number of benzene rings is 1. The summed E-state index contributed by atoms with van der Waals surface area (Å²) in [5.74, 6) is 0.997. The minimum Gasteiger partial charge on any atom is -0.469 e. The lowest BCUT2D eigenvalue weighted by atomic mass is 10.1. The van der Waals surface area contributed by atoms with Gasteiger partial charge in [-0.2, -0.15) is 0 Å². The van der Waals surface area contributed by atoms with Crippen LogP contribution in [0.5, 0.6) is 0 Å². The van der Waals surface area contributed by atoms with Crippen LogP contribution in [0.15, 0.2) is 45.8 Å². The smallest absolute Gasteiger partial charge is 0.274 e. The highest BCUT2D eigenvalue weighted by molar-refractivity contribution is 5.59. The van der Waals surface area contributed by atoms with Crippen LogP contribution >= 0.6 is 0 Å². The maximum Gasteiger partial charge on any atom is 0.274 e. The van der Waals surface area contributed by atoms with Crippen molar-refractivity contribution < 1.29 is 4.42 Å². The lowest BCUT2D eigenvalue weighted by Gasteiger charge is -2.10. The van der Waals surface area contributed by atoms with Gasteiger partial charge in [-0.15, -0.1) is 10.2 Å². The summed E-state index contributed by atoms with van der Waals surface area (Å²) in [6.45, 7) is 4.04. The van der Waals surface area contributed by atoms with E-state index in [9.17, 15) is 4.79 Å². The normalized spacial score (nSPS) is 10.6. The highest BCUT2D eigenvalue weighted by Crippen LogP contribution is 2.20. The predicted molar refractivity (Wildman–Crippen MR) is 83.4 cm³/mol. The molecule has 112 valence electrons. The maximum absolute atomic E-state index is 12.1. The molecular weight excluding hydrogens is 280 g/mol. The number of aryl methyl sites for hydroxylation is 1. The van der Waals surface area contributed by atoms with Crippen molar-refractivity contribution in [2.45, 2.75) is 20.3 Å². The first kappa shape index (κ1) is 14.1. The molecule has 0 unspecified atom stereocenters. The van der Waals surface area contributed by atoms with Crippen LogP contribution in [0, 0.1) is 13.8 Å². The van der Waals surface area contributed by atoms with Gasteiger partial charge in [0.15, 0.2) is 0 Å². The second kappa shape index (κ2) is 5.85. The van der Waals surface area contributed by atoms with E-state index in [-0.39, 0.29) is 5.56 Å². The number of rotatable bonds is 4. The molecule has 0 saturated carbocycles. The van der Waals surface area contributed by atoms with E-state index in [1.165, 1.54) is 0 Å². The van der Waals surface area contributed by atoms with Gasteiger partial charge < -0.3 is 9.73 Å². The predicted octanol–water partition coefficient (Wildman–Crippen LogP) is 2.71. The Kier molecular flexibility index (Phi) is 3.74. The van der Waals surface area contributed by atoms with Crippen LogP contribution in [0.4, 0.5) is 11.6 Å². The maximum atomic E-state index is 12.1. The number of nitrogens with zero attached hydrogens (tertiary/aromatic N) is 2. The van der Waals surface area contributed by atoms with E-state index in [0.717, 1.165) is 16.8 Å². The number of furan rings is 1.